The van der Waals surface area contributed by atoms with Gasteiger partial charge in [-0.3, -0.25) is 0 Å². The van der Waals surface area contributed by atoms with Crippen molar-refractivity contribution in [2.24, 2.45) is 25.6 Å². The van der Waals surface area contributed by atoms with E-state index in [1.54, 1.807) is 42.5 Å². The van der Waals surface area contributed by atoms with Crippen LogP contribution in [-0.2, 0) is 46.4 Å². The van der Waals surface area contributed by atoms with E-state index < -0.39 is 104 Å². The van der Waals surface area contributed by atoms with Crippen molar-refractivity contribution in [2.75, 3.05) is 13.1 Å². The molecular weight excluding hydrogens is 855 g/mol. The Kier molecular flexibility index (Phi) is 17.5. The molecule has 2 saturated heterocycles. The molecule has 0 radical (unpaired) electrons. The molecule has 0 amide bonds. The Morgan fingerprint density at radius 1 is 0.569 bits per heavy atom. The lowest BCUT2D eigenvalue weighted by Gasteiger charge is -2.49. The molecule has 3 N–H and O–H groups in total. The second-order valence-corrected chi connectivity index (χ2v) is 14.8. The zero-order chi connectivity index (χ0) is 46.1. The lowest BCUT2D eigenvalue weighted by atomic mass is 9.84. The fraction of sp³-hybridized carbons (Fsp3) is 0.513. The summed E-state index contributed by atoms with van der Waals surface area (Å²) in [7, 11) is 0. The van der Waals surface area contributed by atoms with Crippen molar-refractivity contribution in [2.45, 2.75) is 111 Å². The van der Waals surface area contributed by atoms with Gasteiger partial charge in [-0.1, -0.05) is 104 Å². The first-order valence-corrected chi connectivity index (χ1v) is 20.1. The number of carbonyl (C=O) groups is 1. The Balaban J connectivity index is 1.41. The second kappa shape index (κ2) is 23.8. The molecule has 0 bridgehead atoms. The standard InChI is InChI=1S/C39H43N15O11/c40-50-45-17-26-29(55)30(56)28(49-54-44)38(61-26)64-32-24(47-52-42)16-25(48-53-43)33(31(32)57)65-39-36(63-37(58)23-14-8-3-9-15-23)35(60-20-22-12-6-2-7-13-22)34(27(62-39)18-46-51-41)59-19-21-10-4-1-5-11-21/h1-15,24-36,38-39,55-57H,16-20H2/t24-,25+,26+,27+,28+,29+,30+,31-,32+,33-,34+,35-,36+,38+,39-/m0/s1. The highest BCUT2D eigenvalue weighted by atomic mass is 16.7. The molecule has 3 aliphatic rings. The fourth-order valence-corrected chi connectivity index (χ4v) is 7.72. The number of azide groups is 5. The van der Waals surface area contributed by atoms with Gasteiger partial charge in [-0.2, -0.15) is 0 Å². The Hall–Kier alpha value is -6.68. The van der Waals surface area contributed by atoms with Crippen LogP contribution in [0.25, 0.3) is 52.2 Å². The van der Waals surface area contributed by atoms with E-state index in [4.69, 9.17) is 38.7 Å². The Labute approximate surface area is 368 Å². The van der Waals surface area contributed by atoms with Gasteiger partial charge in [0.05, 0.1) is 74.5 Å². The zero-order valence-corrected chi connectivity index (χ0v) is 34.2. The maximum absolute atomic E-state index is 14.0. The highest BCUT2D eigenvalue weighted by molar-refractivity contribution is 5.89. The first-order chi connectivity index (χ1) is 31.7. The number of hydrogen-bond acceptors (Lipinski definition) is 16. The Morgan fingerprint density at radius 2 is 1.06 bits per heavy atom. The third-order valence-electron chi connectivity index (χ3n) is 10.8. The number of benzene rings is 3. The van der Waals surface area contributed by atoms with Crippen molar-refractivity contribution in [3.63, 3.8) is 0 Å². The molecule has 65 heavy (non-hydrogen) atoms. The summed E-state index contributed by atoms with van der Waals surface area (Å²) in [4.78, 5) is 28.0. The minimum Gasteiger partial charge on any atom is -0.450 e. The topological polar surface area (TPSA) is 386 Å². The number of aliphatic hydroxyl groups is 3. The van der Waals surface area contributed by atoms with Crippen LogP contribution in [0.4, 0.5) is 0 Å². The second-order valence-electron chi connectivity index (χ2n) is 14.8. The zero-order valence-electron chi connectivity index (χ0n) is 34.2. The van der Waals surface area contributed by atoms with Crippen LogP contribution in [0.15, 0.2) is 117 Å². The molecule has 6 rings (SSSR count). The summed E-state index contributed by atoms with van der Waals surface area (Å²) in [6.07, 6.45) is -19.2. The van der Waals surface area contributed by atoms with E-state index in [9.17, 15) is 42.2 Å². The molecule has 1 aliphatic carbocycles. The van der Waals surface area contributed by atoms with E-state index in [0.717, 1.165) is 11.1 Å². The molecule has 1 saturated carbocycles. The third kappa shape index (κ3) is 12.1. The molecule has 3 aromatic rings. The quantitative estimate of drug-likeness (QED) is 0.0563. The Morgan fingerprint density at radius 3 is 1.60 bits per heavy atom. The first-order valence-electron chi connectivity index (χ1n) is 20.1. The van der Waals surface area contributed by atoms with Crippen LogP contribution in [0.1, 0.15) is 27.9 Å². The van der Waals surface area contributed by atoms with E-state index in [1.165, 1.54) is 12.1 Å². The number of nitrogens with zero attached hydrogens (tertiary/aromatic N) is 15. The lowest BCUT2D eigenvalue weighted by molar-refractivity contribution is -0.336. The highest BCUT2D eigenvalue weighted by Crippen LogP contribution is 2.38. The molecule has 3 aromatic carbocycles. The maximum atomic E-state index is 14.0. The van der Waals surface area contributed by atoms with Crippen LogP contribution in [0.5, 0.6) is 0 Å². The average Bonchev–Trinajstić information content (AvgIpc) is 3.33. The number of esters is 1. The number of hydrogen-bond donors (Lipinski definition) is 3. The molecule has 3 fully saturated rings. The van der Waals surface area contributed by atoms with Crippen molar-refractivity contribution in [3.8, 4) is 0 Å². The van der Waals surface area contributed by atoms with E-state index >= 15 is 0 Å². The van der Waals surface area contributed by atoms with Crippen molar-refractivity contribution < 1.29 is 53.3 Å². The van der Waals surface area contributed by atoms with E-state index in [0.29, 0.717) is 0 Å². The number of ether oxygens (including phenoxy) is 7. The normalized spacial score (nSPS) is 31.8. The van der Waals surface area contributed by atoms with E-state index in [2.05, 4.69) is 50.1 Å². The van der Waals surface area contributed by atoms with Crippen LogP contribution in [0.2, 0.25) is 0 Å². The summed E-state index contributed by atoms with van der Waals surface area (Å²) in [6.45, 7) is -0.905. The monoisotopic (exact) mass is 897 g/mol. The Bertz CT molecular complexity index is 2280. The van der Waals surface area contributed by atoms with Crippen molar-refractivity contribution >= 4 is 5.97 Å². The summed E-state index contributed by atoms with van der Waals surface area (Å²) in [5.41, 5.74) is 48.6. The number of carbonyl (C=O) groups excluding carboxylic acids is 1. The fourth-order valence-electron chi connectivity index (χ4n) is 7.72. The molecular formula is C39H43N15O11. The van der Waals surface area contributed by atoms with Crippen LogP contribution >= 0.6 is 0 Å². The van der Waals surface area contributed by atoms with Gasteiger partial charge in [-0.15, -0.1) is 0 Å². The van der Waals surface area contributed by atoms with Crippen molar-refractivity contribution in [1.29, 1.82) is 0 Å². The molecule has 26 heteroatoms. The molecule has 2 aliphatic heterocycles. The molecule has 2 heterocycles. The van der Waals surface area contributed by atoms with Gasteiger partial charge >= 0.3 is 5.97 Å². The smallest absolute Gasteiger partial charge is 0.338 e. The van der Waals surface area contributed by atoms with Crippen LogP contribution in [-0.4, -0.2) is 126 Å². The molecule has 0 spiro atoms. The summed E-state index contributed by atoms with van der Waals surface area (Å²) < 4.78 is 44.1. The van der Waals surface area contributed by atoms with Gasteiger partial charge in [0.1, 0.15) is 30.5 Å². The van der Waals surface area contributed by atoms with Gasteiger partial charge in [0.15, 0.2) is 18.7 Å². The van der Waals surface area contributed by atoms with Gasteiger partial charge < -0.3 is 48.5 Å². The van der Waals surface area contributed by atoms with E-state index in [1.807, 2.05) is 36.4 Å². The summed E-state index contributed by atoms with van der Waals surface area (Å²) in [5, 5.41) is 52.1. The van der Waals surface area contributed by atoms with Gasteiger partial charge in [0, 0.05) is 24.6 Å². The molecule has 340 valence electrons. The largest absolute Gasteiger partial charge is 0.450 e. The summed E-state index contributed by atoms with van der Waals surface area (Å²) >= 11 is 0. The molecule has 26 nitrogen and oxygen atoms in total. The lowest BCUT2D eigenvalue weighted by Crippen LogP contribution is -2.65. The number of rotatable bonds is 19. The van der Waals surface area contributed by atoms with Crippen LogP contribution < -0.4 is 0 Å². The third-order valence-corrected chi connectivity index (χ3v) is 10.8. The predicted molar refractivity (Wildman–Crippen MR) is 222 cm³/mol. The number of aliphatic hydroxyl groups excluding tert-OH is 3. The van der Waals surface area contributed by atoms with Gasteiger partial charge in [0.25, 0.3) is 0 Å². The SMILES string of the molecule is [N-]=[N+]=NC[C@H]1O[C@H](O[C@H]2[C@H](O)[C@@H](O[C@@H]3O[C@H](CN=[N+]=[N-])[C@@H](OCc4ccccc4)[C@H](OCc4ccccc4)[C@H]3OC(=O)c3ccccc3)[C@H](N=[N+]=[N-])C[C@@H]2N=[N+]=[N-])[C@H](N=[N+]=[N-])[C@@H](O)[C@@H]1O. The average molecular weight is 898 g/mol. The van der Waals surface area contributed by atoms with Crippen LogP contribution in [0.3, 0.4) is 0 Å². The predicted octanol–water partition coefficient (Wildman–Crippen LogP) is 5.75. The van der Waals surface area contributed by atoms with E-state index in [-0.39, 0.29) is 31.7 Å². The molecule has 0 aromatic heterocycles. The minimum absolute atomic E-state index is 0.00729. The summed E-state index contributed by atoms with van der Waals surface area (Å²) in [6, 6.07) is 21.7. The molecule has 0 unspecified atom stereocenters. The first kappa shape index (κ1) is 47.8. The highest BCUT2D eigenvalue weighted by Gasteiger charge is 2.55. The van der Waals surface area contributed by atoms with Crippen LogP contribution in [0, 0.1) is 0 Å². The van der Waals surface area contributed by atoms with Gasteiger partial charge in [-0.05, 0) is 57.3 Å². The minimum atomic E-state index is -1.95. The summed E-state index contributed by atoms with van der Waals surface area (Å²) in [5.74, 6) is -0.841. The van der Waals surface area contributed by atoms with Crippen molar-refractivity contribution in [1.82, 2.24) is 0 Å². The maximum Gasteiger partial charge on any atom is 0.338 e. The van der Waals surface area contributed by atoms with Gasteiger partial charge in [-0.25, -0.2) is 4.79 Å². The van der Waals surface area contributed by atoms with Crippen molar-refractivity contribution in [3.05, 3.63) is 160 Å². The molecule has 15 atom stereocenters. The van der Waals surface area contributed by atoms with Gasteiger partial charge in [0.2, 0.25) is 0 Å².